The summed E-state index contributed by atoms with van der Waals surface area (Å²) in [5.41, 5.74) is 1.88. The summed E-state index contributed by atoms with van der Waals surface area (Å²) in [6, 6.07) is 10.0. The molecular formula is C14H19N4S+. The van der Waals surface area contributed by atoms with Crippen molar-refractivity contribution >= 4 is 33.9 Å². The van der Waals surface area contributed by atoms with Crippen molar-refractivity contribution in [1.29, 1.82) is 0 Å². The Hall–Kier alpha value is -1.72. The van der Waals surface area contributed by atoms with E-state index in [0.717, 1.165) is 29.7 Å². The van der Waals surface area contributed by atoms with E-state index in [9.17, 15) is 0 Å². The number of para-hydroxylation sites is 1. The van der Waals surface area contributed by atoms with E-state index in [1.807, 2.05) is 30.3 Å². The number of anilines is 1. The maximum Gasteiger partial charge on any atom is 0.171 e. The Morgan fingerprint density at radius 2 is 2.05 bits per heavy atom. The van der Waals surface area contributed by atoms with Crippen LogP contribution in [0.2, 0.25) is 0 Å². The van der Waals surface area contributed by atoms with Crippen LogP contribution in [0.5, 0.6) is 0 Å². The van der Waals surface area contributed by atoms with E-state index in [0.29, 0.717) is 5.11 Å². The van der Waals surface area contributed by atoms with Crippen molar-refractivity contribution in [2.75, 3.05) is 32.5 Å². The zero-order valence-electron chi connectivity index (χ0n) is 11.2. The molecule has 5 heteroatoms. The predicted octanol–water partition coefficient (Wildman–Crippen LogP) is 0.666. The van der Waals surface area contributed by atoms with Crippen LogP contribution in [-0.4, -0.2) is 37.3 Å². The Labute approximate surface area is 118 Å². The molecule has 0 aliphatic carbocycles. The summed E-state index contributed by atoms with van der Waals surface area (Å²) >= 11 is 5.29. The molecule has 0 atom stereocenters. The van der Waals surface area contributed by atoms with Crippen LogP contribution < -0.4 is 15.5 Å². The van der Waals surface area contributed by atoms with Gasteiger partial charge < -0.3 is 15.5 Å². The van der Waals surface area contributed by atoms with Crippen LogP contribution in [0.1, 0.15) is 0 Å². The number of benzene rings is 1. The second-order valence-electron chi connectivity index (χ2n) is 4.72. The number of hydrogen-bond donors (Lipinski definition) is 3. The van der Waals surface area contributed by atoms with Crippen LogP contribution in [0.3, 0.4) is 0 Å². The Balaban J connectivity index is 2.03. The Bertz CT molecular complexity index is 563. The molecule has 0 radical (unpaired) electrons. The highest BCUT2D eigenvalue weighted by Gasteiger charge is 2.03. The monoisotopic (exact) mass is 275 g/mol. The average molecular weight is 275 g/mol. The number of nitrogens with zero attached hydrogens (tertiary/aromatic N) is 1. The number of fused-ring (bicyclic) bond motifs is 1. The number of aromatic nitrogens is 1. The number of pyridine rings is 1. The molecular weight excluding hydrogens is 256 g/mol. The summed E-state index contributed by atoms with van der Waals surface area (Å²) < 4.78 is 0. The number of nitrogens with one attached hydrogen (secondary N) is 3. The molecule has 2 aromatic rings. The number of likely N-dealkylation sites (N-methyl/N-ethyl adjacent to an activating group) is 1. The van der Waals surface area contributed by atoms with E-state index in [2.05, 4.69) is 29.7 Å². The van der Waals surface area contributed by atoms with Crippen LogP contribution in [0.15, 0.2) is 36.5 Å². The van der Waals surface area contributed by atoms with Gasteiger partial charge in [0, 0.05) is 11.6 Å². The van der Waals surface area contributed by atoms with E-state index in [4.69, 9.17) is 12.2 Å². The SMILES string of the molecule is C[NH+](C)CCNC(=S)Nc1cccc2cccnc12. The molecule has 4 nitrogen and oxygen atoms in total. The fourth-order valence-corrected chi connectivity index (χ4v) is 2.01. The molecule has 1 aromatic heterocycles. The molecule has 1 heterocycles. The molecule has 0 spiro atoms. The minimum absolute atomic E-state index is 0.638. The van der Waals surface area contributed by atoms with Crippen LogP contribution in [-0.2, 0) is 0 Å². The van der Waals surface area contributed by atoms with E-state index < -0.39 is 0 Å². The maximum absolute atomic E-state index is 5.29. The van der Waals surface area contributed by atoms with Gasteiger partial charge in [-0.15, -0.1) is 0 Å². The lowest BCUT2D eigenvalue weighted by atomic mass is 10.2. The molecule has 2 rings (SSSR count). The molecule has 0 aliphatic rings. The first kappa shape index (κ1) is 13.7. The van der Waals surface area contributed by atoms with E-state index in [-0.39, 0.29) is 0 Å². The number of quaternary nitrogens is 1. The molecule has 0 unspecified atom stereocenters. The molecule has 3 N–H and O–H groups in total. The van der Waals surface area contributed by atoms with Gasteiger partial charge in [0.05, 0.1) is 38.4 Å². The molecule has 0 fully saturated rings. The predicted molar refractivity (Wildman–Crippen MR) is 83.6 cm³/mol. The maximum atomic E-state index is 5.29. The van der Waals surface area contributed by atoms with Crippen LogP contribution in [0, 0.1) is 0 Å². The topological polar surface area (TPSA) is 41.4 Å². The van der Waals surface area contributed by atoms with Crippen molar-refractivity contribution in [3.63, 3.8) is 0 Å². The zero-order chi connectivity index (χ0) is 13.7. The van der Waals surface area contributed by atoms with E-state index in [1.165, 1.54) is 4.90 Å². The van der Waals surface area contributed by atoms with Crippen LogP contribution in [0.25, 0.3) is 10.9 Å². The third-order valence-electron chi connectivity index (χ3n) is 2.79. The second-order valence-corrected chi connectivity index (χ2v) is 5.13. The highest BCUT2D eigenvalue weighted by Crippen LogP contribution is 2.20. The summed E-state index contributed by atoms with van der Waals surface area (Å²) in [5, 5.41) is 8.15. The van der Waals surface area contributed by atoms with Gasteiger partial charge in [-0.2, -0.15) is 0 Å². The summed E-state index contributed by atoms with van der Waals surface area (Å²) in [6.07, 6.45) is 1.79. The van der Waals surface area contributed by atoms with Crippen molar-refractivity contribution in [3.05, 3.63) is 36.5 Å². The van der Waals surface area contributed by atoms with E-state index in [1.54, 1.807) is 6.20 Å². The molecule has 0 saturated carbocycles. The minimum atomic E-state index is 0.638. The molecule has 0 aliphatic heterocycles. The summed E-state index contributed by atoms with van der Waals surface area (Å²) in [6.45, 7) is 1.88. The van der Waals surface area contributed by atoms with E-state index >= 15 is 0 Å². The second kappa shape index (κ2) is 6.45. The summed E-state index contributed by atoms with van der Waals surface area (Å²) in [4.78, 5) is 5.78. The standard InChI is InChI=1S/C14H18N4S/c1-18(2)10-9-16-14(19)17-12-7-3-5-11-6-4-8-15-13(11)12/h3-8H,9-10H2,1-2H3,(H2,16,17,19)/p+1. The van der Waals surface area contributed by atoms with Crippen LogP contribution >= 0.6 is 12.2 Å². The van der Waals surface area contributed by atoms with Crippen molar-refractivity contribution in [2.24, 2.45) is 0 Å². The van der Waals surface area contributed by atoms with Crippen molar-refractivity contribution in [1.82, 2.24) is 10.3 Å². The van der Waals surface area contributed by atoms with Gasteiger partial charge in [0.25, 0.3) is 0 Å². The number of hydrogen-bond acceptors (Lipinski definition) is 2. The van der Waals surface area contributed by atoms with Gasteiger partial charge in [-0.1, -0.05) is 18.2 Å². The Kier molecular flexibility index (Phi) is 4.65. The number of rotatable bonds is 4. The Morgan fingerprint density at radius 3 is 2.84 bits per heavy atom. The lowest BCUT2D eigenvalue weighted by Gasteiger charge is -2.13. The smallest absolute Gasteiger partial charge is 0.171 e. The third-order valence-corrected chi connectivity index (χ3v) is 3.04. The first-order chi connectivity index (χ1) is 9.16. The molecule has 0 amide bonds. The zero-order valence-corrected chi connectivity index (χ0v) is 12.1. The fourth-order valence-electron chi connectivity index (χ4n) is 1.80. The summed E-state index contributed by atoms with van der Waals surface area (Å²) in [5.74, 6) is 0. The molecule has 0 bridgehead atoms. The van der Waals surface area contributed by atoms with Gasteiger partial charge in [-0.05, 0) is 24.4 Å². The van der Waals surface area contributed by atoms with Crippen molar-refractivity contribution < 1.29 is 4.90 Å². The first-order valence-electron chi connectivity index (χ1n) is 6.34. The quantitative estimate of drug-likeness (QED) is 0.717. The summed E-state index contributed by atoms with van der Waals surface area (Å²) in [7, 11) is 4.24. The minimum Gasteiger partial charge on any atom is -0.357 e. The molecule has 1 aromatic carbocycles. The first-order valence-corrected chi connectivity index (χ1v) is 6.75. The normalized spacial score (nSPS) is 10.7. The van der Waals surface area contributed by atoms with Gasteiger partial charge in [0.2, 0.25) is 0 Å². The fraction of sp³-hybridized carbons (Fsp3) is 0.286. The lowest BCUT2D eigenvalue weighted by Crippen LogP contribution is -3.06. The van der Waals surface area contributed by atoms with Crippen LogP contribution in [0.4, 0.5) is 5.69 Å². The average Bonchev–Trinajstić information content (AvgIpc) is 2.39. The number of thiocarbonyl (C=S) groups is 1. The Morgan fingerprint density at radius 1 is 1.26 bits per heavy atom. The lowest BCUT2D eigenvalue weighted by molar-refractivity contribution is -0.856. The van der Waals surface area contributed by atoms with Gasteiger partial charge in [0.1, 0.15) is 0 Å². The third kappa shape index (κ3) is 3.87. The highest BCUT2D eigenvalue weighted by molar-refractivity contribution is 7.80. The van der Waals surface area contributed by atoms with Gasteiger partial charge in [0.15, 0.2) is 5.11 Å². The molecule has 19 heavy (non-hydrogen) atoms. The van der Waals surface area contributed by atoms with Crippen molar-refractivity contribution in [2.45, 2.75) is 0 Å². The van der Waals surface area contributed by atoms with Crippen molar-refractivity contribution in [3.8, 4) is 0 Å². The molecule has 100 valence electrons. The van der Waals surface area contributed by atoms with Gasteiger partial charge in [-0.3, -0.25) is 4.98 Å². The molecule has 0 saturated heterocycles. The van der Waals surface area contributed by atoms with Gasteiger partial charge in [-0.25, -0.2) is 0 Å². The largest absolute Gasteiger partial charge is 0.357 e. The highest BCUT2D eigenvalue weighted by atomic mass is 32.1. The van der Waals surface area contributed by atoms with Gasteiger partial charge >= 0.3 is 0 Å².